The van der Waals surface area contributed by atoms with Gasteiger partial charge in [0.25, 0.3) is 0 Å². The third kappa shape index (κ3) is 2.66. The number of ether oxygens (including phenoxy) is 1. The fourth-order valence-corrected chi connectivity index (χ4v) is 5.27. The molecule has 0 aliphatic carbocycles. The van der Waals surface area contributed by atoms with Crippen LogP contribution in [0.4, 0.5) is 0 Å². The molecule has 0 bridgehead atoms. The summed E-state index contributed by atoms with van der Waals surface area (Å²) in [6, 6.07) is 0. The van der Waals surface area contributed by atoms with Crippen LogP contribution in [0.1, 0.15) is 26.2 Å². The summed E-state index contributed by atoms with van der Waals surface area (Å²) >= 11 is 0. The molecule has 120 valence electrons. The number of likely N-dealkylation sites (tertiary alicyclic amines) is 1. The minimum Gasteiger partial charge on any atom is -0.383 e. The molecule has 0 unspecified atom stereocenters. The maximum absolute atomic E-state index is 12.5. The van der Waals surface area contributed by atoms with Crippen molar-refractivity contribution < 1.29 is 22.7 Å². The Morgan fingerprint density at radius 1 is 1.33 bits per heavy atom. The molecule has 2 amide bonds. The number of methoxy groups -OCH3 is 1. The van der Waals surface area contributed by atoms with E-state index in [1.165, 1.54) is 12.0 Å². The Kier molecular flexibility index (Phi) is 4.57. The largest absolute Gasteiger partial charge is 0.383 e. The summed E-state index contributed by atoms with van der Waals surface area (Å²) in [4.78, 5) is 25.8. The number of hydrogen-bond acceptors (Lipinski definition) is 5. The lowest BCUT2D eigenvalue weighted by Crippen LogP contribution is -2.57. The highest BCUT2D eigenvalue weighted by molar-refractivity contribution is 7.93. The number of hydrogen-bond donors (Lipinski definition) is 0. The Balaban J connectivity index is 2.22. The maximum Gasteiger partial charge on any atom is 0.239 e. The zero-order valence-corrected chi connectivity index (χ0v) is 13.3. The van der Waals surface area contributed by atoms with E-state index in [2.05, 4.69) is 0 Å². The van der Waals surface area contributed by atoms with Crippen molar-refractivity contribution in [3.63, 3.8) is 0 Å². The first-order valence-electron chi connectivity index (χ1n) is 7.17. The van der Waals surface area contributed by atoms with Gasteiger partial charge in [-0.15, -0.1) is 0 Å². The summed E-state index contributed by atoms with van der Waals surface area (Å²) in [6.45, 7) is 3.12. The molecule has 0 atom stereocenters. The first-order chi connectivity index (χ1) is 9.88. The van der Waals surface area contributed by atoms with Crippen molar-refractivity contribution in [2.45, 2.75) is 31.1 Å². The molecule has 21 heavy (non-hydrogen) atoms. The molecule has 8 heteroatoms. The van der Waals surface area contributed by atoms with Crippen LogP contribution in [0.15, 0.2) is 0 Å². The molecule has 1 spiro atoms. The Labute approximate surface area is 125 Å². The summed E-state index contributed by atoms with van der Waals surface area (Å²) in [5, 5.41) is 0. The molecule has 2 fully saturated rings. The highest BCUT2D eigenvalue weighted by atomic mass is 32.2. The molecule has 7 nitrogen and oxygen atoms in total. The monoisotopic (exact) mass is 318 g/mol. The topological polar surface area (TPSA) is 84.0 Å². The first kappa shape index (κ1) is 16.2. The van der Waals surface area contributed by atoms with Gasteiger partial charge in [-0.25, -0.2) is 8.42 Å². The van der Waals surface area contributed by atoms with E-state index in [0.29, 0.717) is 26.1 Å². The number of piperidine rings is 1. The molecule has 2 aliphatic rings. The van der Waals surface area contributed by atoms with Crippen LogP contribution in [0, 0.1) is 0 Å². The van der Waals surface area contributed by atoms with Crippen LogP contribution < -0.4 is 0 Å². The molecule has 0 N–H and O–H groups in total. The molecular formula is C13H22N2O5S. The van der Waals surface area contributed by atoms with Crippen LogP contribution in [0.3, 0.4) is 0 Å². The van der Waals surface area contributed by atoms with Gasteiger partial charge in [-0.1, -0.05) is 6.92 Å². The summed E-state index contributed by atoms with van der Waals surface area (Å²) < 4.78 is 29.9. The molecule has 2 rings (SSSR count). The molecule has 0 saturated carbocycles. The Bertz CT molecular complexity index is 523. The second-order valence-electron chi connectivity index (χ2n) is 5.48. The Morgan fingerprint density at radius 2 is 1.95 bits per heavy atom. The van der Waals surface area contributed by atoms with E-state index in [9.17, 15) is 18.0 Å². The molecule has 2 aliphatic heterocycles. The minimum atomic E-state index is -3.51. The fourth-order valence-electron chi connectivity index (χ4n) is 3.19. The van der Waals surface area contributed by atoms with Crippen LogP contribution >= 0.6 is 0 Å². The van der Waals surface area contributed by atoms with Gasteiger partial charge >= 0.3 is 0 Å². The van der Waals surface area contributed by atoms with Gasteiger partial charge in [0.2, 0.25) is 11.8 Å². The summed E-state index contributed by atoms with van der Waals surface area (Å²) in [5.41, 5.74) is 0. The molecule has 0 aromatic rings. The lowest BCUT2D eigenvalue weighted by molar-refractivity contribution is -0.135. The van der Waals surface area contributed by atoms with Crippen molar-refractivity contribution in [1.82, 2.24) is 9.80 Å². The SMILES string of the molecule is CCC(=O)N1CCC2(CC1)N(CCOC)C(=O)CS2(=O)=O. The standard InChI is InChI=1S/C13H22N2O5S/c1-3-11(16)14-6-4-13(5-7-14)15(8-9-20-2)12(17)10-21(13,18)19/h3-10H2,1-2H3. The molecular weight excluding hydrogens is 296 g/mol. The Morgan fingerprint density at radius 3 is 2.48 bits per heavy atom. The highest BCUT2D eigenvalue weighted by Crippen LogP contribution is 2.39. The highest BCUT2D eigenvalue weighted by Gasteiger charge is 2.58. The summed E-state index contributed by atoms with van der Waals surface area (Å²) in [7, 11) is -1.99. The van der Waals surface area contributed by atoms with Crippen molar-refractivity contribution >= 4 is 21.7 Å². The molecule has 0 radical (unpaired) electrons. The third-order valence-corrected chi connectivity index (χ3v) is 6.82. The zero-order chi connectivity index (χ0) is 15.7. The maximum atomic E-state index is 12.5. The van der Waals surface area contributed by atoms with Gasteiger partial charge in [0, 0.05) is 46.0 Å². The van der Waals surface area contributed by atoms with Crippen molar-refractivity contribution in [3.05, 3.63) is 0 Å². The molecule has 0 aromatic carbocycles. The van der Waals surface area contributed by atoms with Crippen molar-refractivity contribution in [2.75, 3.05) is 39.1 Å². The first-order valence-corrected chi connectivity index (χ1v) is 8.82. The van der Waals surface area contributed by atoms with E-state index in [4.69, 9.17) is 4.74 Å². The molecule has 2 saturated heterocycles. The second kappa shape index (κ2) is 5.92. The van der Waals surface area contributed by atoms with Crippen molar-refractivity contribution in [3.8, 4) is 0 Å². The fraction of sp³-hybridized carbons (Fsp3) is 0.846. The van der Waals surface area contributed by atoms with E-state index >= 15 is 0 Å². The van der Waals surface area contributed by atoms with Crippen LogP contribution in [-0.4, -0.2) is 74.0 Å². The lowest BCUT2D eigenvalue weighted by atomic mass is 10.0. The van der Waals surface area contributed by atoms with Gasteiger partial charge in [-0.2, -0.15) is 0 Å². The Hall–Kier alpha value is -1.15. The van der Waals surface area contributed by atoms with E-state index in [0.717, 1.165) is 0 Å². The predicted molar refractivity (Wildman–Crippen MR) is 76.2 cm³/mol. The quantitative estimate of drug-likeness (QED) is 0.705. The van der Waals surface area contributed by atoms with Gasteiger partial charge in [-0.3, -0.25) is 9.59 Å². The normalized spacial score (nSPS) is 23.8. The van der Waals surface area contributed by atoms with Gasteiger partial charge < -0.3 is 14.5 Å². The van der Waals surface area contributed by atoms with Crippen LogP contribution in [-0.2, 0) is 24.2 Å². The van der Waals surface area contributed by atoms with E-state index < -0.39 is 20.5 Å². The minimum absolute atomic E-state index is 0.0232. The third-order valence-electron chi connectivity index (χ3n) is 4.40. The van der Waals surface area contributed by atoms with E-state index in [-0.39, 0.29) is 31.2 Å². The van der Waals surface area contributed by atoms with E-state index in [1.54, 1.807) is 11.8 Å². The summed E-state index contributed by atoms with van der Waals surface area (Å²) in [6.07, 6.45) is 0.985. The lowest BCUT2D eigenvalue weighted by Gasteiger charge is -2.43. The van der Waals surface area contributed by atoms with Crippen LogP contribution in [0.5, 0.6) is 0 Å². The summed E-state index contributed by atoms with van der Waals surface area (Å²) in [5.74, 6) is -0.768. The van der Waals surface area contributed by atoms with Crippen LogP contribution in [0.2, 0.25) is 0 Å². The average molecular weight is 318 g/mol. The van der Waals surface area contributed by atoms with Gasteiger partial charge in [0.05, 0.1) is 6.61 Å². The number of nitrogens with zero attached hydrogens (tertiary/aromatic N) is 2. The number of sulfone groups is 1. The van der Waals surface area contributed by atoms with Gasteiger partial charge in [0.1, 0.15) is 10.6 Å². The van der Waals surface area contributed by atoms with Crippen LogP contribution in [0.25, 0.3) is 0 Å². The van der Waals surface area contributed by atoms with Gasteiger partial charge in [-0.05, 0) is 0 Å². The number of carbonyl (C=O) groups is 2. The van der Waals surface area contributed by atoms with E-state index in [1.807, 2.05) is 0 Å². The number of amides is 2. The second-order valence-corrected chi connectivity index (χ2v) is 7.76. The number of rotatable bonds is 4. The molecule has 2 heterocycles. The predicted octanol–water partition coefficient (Wildman–Crippen LogP) is -0.381. The molecule has 0 aromatic heterocycles. The van der Waals surface area contributed by atoms with Crippen molar-refractivity contribution in [1.29, 1.82) is 0 Å². The zero-order valence-electron chi connectivity index (χ0n) is 12.5. The van der Waals surface area contributed by atoms with Gasteiger partial charge in [0.15, 0.2) is 9.84 Å². The van der Waals surface area contributed by atoms with Crippen molar-refractivity contribution in [2.24, 2.45) is 0 Å². The smallest absolute Gasteiger partial charge is 0.239 e. The average Bonchev–Trinajstić information content (AvgIpc) is 2.63. The number of carbonyl (C=O) groups excluding carboxylic acids is 2.